The Morgan fingerprint density at radius 2 is 1.06 bits per heavy atom. The van der Waals surface area contributed by atoms with Crippen LogP contribution in [0.15, 0.2) is 61.2 Å². The van der Waals surface area contributed by atoms with E-state index >= 15 is 0 Å². The fourth-order valence-electron chi connectivity index (χ4n) is 8.64. The second-order valence-electron chi connectivity index (χ2n) is 15.3. The summed E-state index contributed by atoms with van der Waals surface area (Å²) in [5, 5.41) is 5.84. The van der Waals surface area contributed by atoms with Crippen molar-refractivity contribution in [2.45, 2.75) is 71.6 Å². The van der Waals surface area contributed by atoms with Crippen molar-refractivity contribution in [3.05, 3.63) is 94.6 Å². The maximum atomic E-state index is 12.7. The Morgan fingerprint density at radius 1 is 0.638 bits per heavy atom. The zero-order valence-corrected chi connectivity index (χ0v) is 27.6. The van der Waals surface area contributed by atoms with Gasteiger partial charge in [-0.1, -0.05) is 27.7 Å². The number of carbonyl (C=O) groups excluding carboxylic acids is 2. The molecule has 2 N–H and O–H groups in total. The average molecular weight is 627 g/mol. The van der Waals surface area contributed by atoms with Crippen LogP contribution in [-0.4, -0.2) is 44.8 Å². The predicted octanol–water partition coefficient (Wildman–Crippen LogP) is 6.52. The van der Waals surface area contributed by atoms with Gasteiger partial charge in [-0.2, -0.15) is 0 Å². The van der Waals surface area contributed by atoms with Gasteiger partial charge in [-0.05, 0) is 125 Å². The van der Waals surface area contributed by atoms with Crippen molar-refractivity contribution in [1.29, 1.82) is 0 Å². The van der Waals surface area contributed by atoms with Crippen molar-refractivity contribution < 1.29 is 9.59 Å². The van der Waals surface area contributed by atoms with Crippen LogP contribution in [0.1, 0.15) is 102 Å². The molecule has 0 unspecified atom stereocenters. The molecule has 0 saturated heterocycles. The molecule has 8 nitrogen and oxygen atoms in total. The van der Waals surface area contributed by atoms with Gasteiger partial charge in [0.05, 0.1) is 33.9 Å². The summed E-state index contributed by atoms with van der Waals surface area (Å²) in [4.78, 5) is 43.9. The van der Waals surface area contributed by atoms with Crippen molar-refractivity contribution in [3.63, 3.8) is 0 Å². The first-order chi connectivity index (χ1) is 22.6. The quantitative estimate of drug-likeness (QED) is 0.216. The van der Waals surface area contributed by atoms with Gasteiger partial charge in [-0.25, -0.2) is 0 Å². The minimum absolute atomic E-state index is 0.188. The second-order valence-corrected chi connectivity index (χ2v) is 15.3. The van der Waals surface area contributed by atoms with Crippen LogP contribution >= 0.6 is 0 Å². The van der Waals surface area contributed by atoms with Crippen LogP contribution in [0.4, 0.5) is 0 Å². The molecule has 2 amide bonds. The zero-order chi connectivity index (χ0) is 32.5. The van der Waals surface area contributed by atoms with Crippen LogP contribution in [-0.2, 0) is 12.8 Å². The molecule has 4 aromatic heterocycles. The molecule has 0 aliphatic heterocycles. The first kappa shape index (κ1) is 29.9. The van der Waals surface area contributed by atoms with E-state index in [0.29, 0.717) is 53.3 Å². The lowest BCUT2D eigenvalue weighted by atomic mass is 9.47. The van der Waals surface area contributed by atoms with E-state index in [-0.39, 0.29) is 11.8 Å². The van der Waals surface area contributed by atoms with E-state index in [4.69, 9.17) is 9.97 Å². The van der Waals surface area contributed by atoms with Gasteiger partial charge in [0.1, 0.15) is 0 Å². The van der Waals surface area contributed by atoms with Crippen molar-refractivity contribution in [1.82, 2.24) is 30.6 Å². The van der Waals surface area contributed by atoms with E-state index < -0.39 is 0 Å². The second kappa shape index (κ2) is 11.1. The van der Waals surface area contributed by atoms with Crippen LogP contribution in [0, 0.1) is 22.7 Å². The van der Waals surface area contributed by atoms with Crippen LogP contribution in [0.3, 0.4) is 0 Å². The molecule has 0 radical (unpaired) electrons. The number of pyridine rings is 4. The van der Waals surface area contributed by atoms with E-state index in [9.17, 15) is 9.59 Å². The Hall–Kier alpha value is -4.46. The molecule has 2 fully saturated rings. The number of amides is 2. The first-order valence-electron chi connectivity index (χ1n) is 17.1. The van der Waals surface area contributed by atoms with Crippen molar-refractivity contribution in [2.75, 3.05) is 13.1 Å². The normalized spacial score (nSPS) is 23.7. The number of nitrogens with one attached hydrogen (secondary N) is 2. The summed E-state index contributed by atoms with van der Waals surface area (Å²) in [5.41, 5.74) is 10.6. The lowest BCUT2D eigenvalue weighted by Gasteiger charge is -2.57. The SMILES string of the molecule is CC1(C)[C@@H]2Cc3cc(-c4ccc(C(=O)NCCCNC(=O)c5ccc(-c6cc7c(cn6)[C@@H]6C[C@@H](C7)C6(C)C)nc5)cn4)ncc3[C@@H]1C2. The Morgan fingerprint density at radius 3 is 1.45 bits per heavy atom. The van der Waals surface area contributed by atoms with Crippen molar-refractivity contribution in [2.24, 2.45) is 22.7 Å². The Balaban J connectivity index is 0.796. The molecule has 6 aliphatic rings. The Labute approximate surface area is 276 Å². The van der Waals surface area contributed by atoms with Crippen LogP contribution < -0.4 is 10.6 Å². The highest BCUT2D eigenvalue weighted by molar-refractivity contribution is 5.94. The van der Waals surface area contributed by atoms with Gasteiger partial charge < -0.3 is 10.6 Å². The summed E-state index contributed by atoms with van der Waals surface area (Å²) in [6, 6.07) is 11.7. The lowest BCUT2D eigenvalue weighted by Crippen LogP contribution is -2.48. The third-order valence-corrected chi connectivity index (χ3v) is 12.2. The highest BCUT2D eigenvalue weighted by Gasteiger charge is 2.53. The molecule has 2 saturated carbocycles. The molecule has 4 bridgehead atoms. The molecule has 10 rings (SSSR count). The minimum atomic E-state index is -0.188. The van der Waals surface area contributed by atoms with Gasteiger partial charge in [0, 0.05) is 37.9 Å². The third kappa shape index (κ3) is 5.04. The number of aromatic nitrogens is 4. The highest BCUT2D eigenvalue weighted by Crippen LogP contribution is 2.63. The summed E-state index contributed by atoms with van der Waals surface area (Å²) in [7, 11) is 0. The van der Waals surface area contributed by atoms with E-state index in [1.165, 1.54) is 35.1 Å². The monoisotopic (exact) mass is 626 g/mol. The molecule has 4 aromatic rings. The fourth-order valence-corrected chi connectivity index (χ4v) is 8.64. The summed E-state index contributed by atoms with van der Waals surface area (Å²) in [5.74, 6) is 2.32. The van der Waals surface area contributed by atoms with Gasteiger partial charge in [0.25, 0.3) is 11.8 Å². The van der Waals surface area contributed by atoms with E-state index in [2.05, 4.69) is 60.4 Å². The standard InChI is InChI=1S/C39H42N6O2/c1-38(2)26-12-24-14-34(44-20-28(24)30(38)16-26)32-8-6-22(18-42-32)36(46)40-10-5-11-41-37(47)23-7-9-33(43-19-23)35-15-25-13-27-17-31(39(27,3)4)29(25)21-45-35/h6-9,14-15,18-21,26-27,30-31H,5,10-13,16-17H2,1-4H3,(H,40,46)(H,41,47)/t26-,27-,30+,31+/m1/s1. The Kier molecular flexibility index (Phi) is 7.04. The number of hydrogen-bond acceptors (Lipinski definition) is 6. The van der Waals surface area contributed by atoms with E-state index in [1.54, 1.807) is 24.5 Å². The largest absolute Gasteiger partial charge is 0.352 e. The van der Waals surface area contributed by atoms with Gasteiger partial charge >= 0.3 is 0 Å². The van der Waals surface area contributed by atoms with Crippen molar-refractivity contribution >= 4 is 11.8 Å². The van der Waals surface area contributed by atoms with Crippen LogP contribution in [0.5, 0.6) is 0 Å². The summed E-state index contributed by atoms with van der Waals surface area (Å²) >= 11 is 0. The fraction of sp³-hybridized carbons (Fsp3) is 0.436. The average Bonchev–Trinajstić information content (AvgIpc) is 3.10. The van der Waals surface area contributed by atoms with Crippen LogP contribution in [0.2, 0.25) is 0 Å². The molecule has 6 aliphatic carbocycles. The number of carbonyl (C=O) groups is 2. The predicted molar refractivity (Wildman–Crippen MR) is 181 cm³/mol. The van der Waals surface area contributed by atoms with Gasteiger partial charge in [-0.3, -0.25) is 29.5 Å². The molecular weight excluding hydrogens is 584 g/mol. The maximum Gasteiger partial charge on any atom is 0.252 e. The summed E-state index contributed by atoms with van der Waals surface area (Å²) in [6.07, 6.45) is 12.6. The van der Waals surface area contributed by atoms with Crippen LogP contribution in [0.25, 0.3) is 22.8 Å². The van der Waals surface area contributed by atoms with E-state index in [0.717, 1.165) is 47.5 Å². The molecule has 47 heavy (non-hydrogen) atoms. The highest BCUT2D eigenvalue weighted by atomic mass is 16.2. The molecule has 8 heteroatoms. The molecular formula is C39H42N6O2. The molecule has 240 valence electrons. The molecule has 0 spiro atoms. The van der Waals surface area contributed by atoms with Crippen molar-refractivity contribution in [3.8, 4) is 22.8 Å². The minimum Gasteiger partial charge on any atom is -0.352 e. The number of hydrogen-bond donors (Lipinski definition) is 2. The zero-order valence-electron chi connectivity index (χ0n) is 27.6. The summed E-state index contributed by atoms with van der Waals surface area (Å²) < 4.78 is 0. The smallest absolute Gasteiger partial charge is 0.252 e. The van der Waals surface area contributed by atoms with Gasteiger partial charge in [-0.15, -0.1) is 0 Å². The number of rotatable bonds is 8. The molecule has 4 atom stereocenters. The molecule has 0 aromatic carbocycles. The van der Waals surface area contributed by atoms with Gasteiger partial charge in [0.2, 0.25) is 0 Å². The topological polar surface area (TPSA) is 110 Å². The number of nitrogens with zero attached hydrogens (tertiary/aromatic N) is 4. The van der Waals surface area contributed by atoms with Gasteiger partial charge in [0.15, 0.2) is 0 Å². The first-order valence-corrected chi connectivity index (χ1v) is 17.1. The molecule has 4 heterocycles. The maximum absolute atomic E-state index is 12.7. The third-order valence-electron chi connectivity index (χ3n) is 12.2. The lowest BCUT2D eigenvalue weighted by molar-refractivity contribution is 0.0183. The van der Waals surface area contributed by atoms with E-state index in [1.807, 2.05) is 24.5 Å². The Bertz CT molecular complexity index is 1740. The summed E-state index contributed by atoms with van der Waals surface area (Å²) in [6.45, 7) is 10.4.